The van der Waals surface area contributed by atoms with Crippen LogP contribution in [0.2, 0.25) is 5.02 Å². The SMILES string of the molecule is CNCc1ccc(OCC2CCC3(CCCC3)O2)c(Cl)c1. The molecule has 1 N–H and O–H groups in total. The van der Waals surface area contributed by atoms with Crippen molar-refractivity contribution in [2.24, 2.45) is 0 Å². The summed E-state index contributed by atoms with van der Waals surface area (Å²) in [5.41, 5.74) is 1.34. The van der Waals surface area contributed by atoms with Gasteiger partial charge in [-0.1, -0.05) is 30.5 Å². The minimum atomic E-state index is 0.175. The van der Waals surface area contributed by atoms with Gasteiger partial charge in [-0.05, 0) is 50.4 Å². The Morgan fingerprint density at radius 3 is 2.86 bits per heavy atom. The summed E-state index contributed by atoms with van der Waals surface area (Å²) >= 11 is 6.28. The molecule has 0 amide bonds. The van der Waals surface area contributed by atoms with E-state index in [0.717, 1.165) is 24.3 Å². The molecule has 1 unspecified atom stereocenters. The lowest BCUT2D eigenvalue weighted by molar-refractivity contribution is -0.0508. The highest BCUT2D eigenvalue weighted by Gasteiger charge is 2.42. The molecule has 0 bridgehead atoms. The molecule has 1 aromatic rings. The monoisotopic (exact) mass is 309 g/mol. The third-order valence-electron chi connectivity index (χ3n) is 4.66. The fourth-order valence-electron chi connectivity index (χ4n) is 3.56. The summed E-state index contributed by atoms with van der Waals surface area (Å²) in [6.45, 7) is 1.42. The van der Waals surface area contributed by atoms with E-state index in [1.54, 1.807) is 0 Å². The summed E-state index contributed by atoms with van der Waals surface area (Å²) in [6, 6.07) is 5.96. The maximum absolute atomic E-state index is 6.28. The normalized spacial score (nSPS) is 23.8. The molecule has 0 aromatic heterocycles. The van der Waals surface area contributed by atoms with Gasteiger partial charge in [0.15, 0.2) is 0 Å². The van der Waals surface area contributed by atoms with Gasteiger partial charge >= 0.3 is 0 Å². The third-order valence-corrected chi connectivity index (χ3v) is 4.95. The Labute approximate surface area is 132 Å². The highest BCUT2D eigenvalue weighted by molar-refractivity contribution is 6.32. The van der Waals surface area contributed by atoms with Crippen molar-refractivity contribution in [2.75, 3.05) is 13.7 Å². The fourth-order valence-corrected chi connectivity index (χ4v) is 3.82. The summed E-state index contributed by atoms with van der Waals surface area (Å²) < 4.78 is 12.1. The van der Waals surface area contributed by atoms with Crippen LogP contribution in [0.15, 0.2) is 18.2 Å². The largest absolute Gasteiger partial charge is 0.489 e. The van der Waals surface area contributed by atoms with Crippen LogP contribution < -0.4 is 10.1 Å². The van der Waals surface area contributed by atoms with E-state index in [0.29, 0.717) is 11.6 Å². The van der Waals surface area contributed by atoms with Gasteiger partial charge < -0.3 is 14.8 Å². The van der Waals surface area contributed by atoms with Gasteiger partial charge in [0.2, 0.25) is 0 Å². The number of benzene rings is 1. The number of nitrogens with one attached hydrogen (secondary N) is 1. The van der Waals surface area contributed by atoms with Gasteiger partial charge in [0.25, 0.3) is 0 Å². The van der Waals surface area contributed by atoms with E-state index in [4.69, 9.17) is 21.1 Å². The molecule has 0 radical (unpaired) electrons. The van der Waals surface area contributed by atoms with Crippen LogP contribution in [0.4, 0.5) is 0 Å². The molecule has 4 heteroatoms. The lowest BCUT2D eigenvalue weighted by Gasteiger charge is -2.23. The summed E-state index contributed by atoms with van der Waals surface area (Å²) in [7, 11) is 1.93. The van der Waals surface area contributed by atoms with Crippen molar-refractivity contribution in [1.29, 1.82) is 0 Å². The predicted octanol–water partition coefficient (Wildman–Crippen LogP) is 3.93. The smallest absolute Gasteiger partial charge is 0.138 e. The molecular formula is C17H24ClNO2. The minimum Gasteiger partial charge on any atom is -0.489 e. The van der Waals surface area contributed by atoms with Crippen LogP contribution in [0.3, 0.4) is 0 Å². The molecular weight excluding hydrogens is 286 g/mol. The summed E-state index contributed by atoms with van der Waals surface area (Å²) in [6.07, 6.45) is 7.59. The van der Waals surface area contributed by atoms with E-state index in [-0.39, 0.29) is 11.7 Å². The van der Waals surface area contributed by atoms with Crippen LogP contribution in [-0.4, -0.2) is 25.4 Å². The van der Waals surface area contributed by atoms with E-state index >= 15 is 0 Å². The third kappa shape index (κ3) is 3.53. The molecule has 3 rings (SSSR count). The number of rotatable bonds is 5. The van der Waals surface area contributed by atoms with Crippen molar-refractivity contribution < 1.29 is 9.47 Å². The van der Waals surface area contributed by atoms with Gasteiger partial charge in [-0.15, -0.1) is 0 Å². The Balaban J connectivity index is 1.53. The van der Waals surface area contributed by atoms with Crippen LogP contribution in [0.25, 0.3) is 0 Å². The number of hydrogen-bond donors (Lipinski definition) is 1. The Kier molecular flexibility index (Phi) is 4.72. The molecule has 1 spiro atoms. The molecule has 1 atom stereocenters. The van der Waals surface area contributed by atoms with Gasteiger partial charge in [-0.3, -0.25) is 0 Å². The van der Waals surface area contributed by atoms with Crippen LogP contribution >= 0.6 is 11.6 Å². The van der Waals surface area contributed by atoms with Crippen LogP contribution in [-0.2, 0) is 11.3 Å². The van der Waals surface area contributed by atoms with E-state index in [1.807, 2.05) is 25.2 Å². The number of halogens is 1. The zero-order chi connectivity index (χ0) is 14.7. The highest BCUT2D eigenvalue weighted by Crippen LogP contribution is 2.43. The van der Waals surface area contributed by atoms with Crippen molar-refractivity contribution in [1.82, 2.24) is 5.32 Å². The first-order valence-electron chi connectivity index (χ1n) is 7.94. The average molecular weight is 310 g/mol. The zero-order valence-electron chi connectivity index (χ0n) is 12.7. The molecule has 2 aliphatic rings. The lowest BCUT2D eigenvalue weighted by atomic mass is 9.98. The van der Waals surface area contributed by atoms with Crippen LogP contribution in [0.5, 0.6) is 5.75 Å². The van der Waals surface area contributed by atoms with Gasteiger partial charge in [-0.2, -0.15) is 0 Å². The highest BCUT2D eigenvalue weighted by atomic mass is 35.5. The molecule has 1 aliphatic heterocycles. The van der Waals surface area contributed by atoms with Crippen molar-refractivity contribution in [3.63, 3.8) is 0 Å². The molecule has 21 heavy (non-hydrogen) atoms. The van der Waals surface area contributed by atoms with E-state index in [9.17, 15) is 0 Å². The second-order valence-electron chi connectivity index (χ2n) is 6.27. The standard InChI is InChI=1S/C17H24ClNO2/c1-19-11-13-4-5-16(15(18)10-13)20-12-14-6-9-17(21-14)7-2-3-8-17/h4-5,10,14,19H,2-3,6-9,11-12H2,1H3. The second-order valence-corrected chi connectivity index (χ2v) is 6.68. The maximum Gasteiger partial charge on any atom is 0.138 e. The maximum atomic E-state index is 6.28. The van der Waals surface area contributed by atoms with Crippen molar-refractivity contribution in [3.8, 4) is 5.75 Å². The number of ether oxygens (including phenoxy) is 2. The summed E-state index contributed by atoms with van der Waals surface area (Å²) in [4.78, 5) is 0. The number of hydrogen-bond acceptors (Lipinski definition) is 3. The Bertz CT molecular complexity index is 486. The van der Waals surface area contributed by atoms with E-state index < -0.39 is 0 Å². The Morgan fingerprint density at radius 1 is 1.33 bits per heavy atom. The van der Waals surface area contributed by atoms with E-state index in [1.165, 1.54) is 32.1 Å². The predicted molar refractivity (Wildman–Crippen MR) is 85.0 cm³/mol. The summed E-state index contributed by atoms with van der Waals surface area (Å²) in [5.74, 6) is 0.757. The summed E-state index contributed by atoms with van der Waals surface area (Å²) in [5, 5.41) is 3.79. The molecule has 116 valence electrons. The molecule has 3 nitrogen and oxygen atoms in total. The molecule has 1 aromatic carbocycles. The van der Waals surface area contributed by atoms with Crippen molar-refractivity contribution in [2.45, 2.75) is 56.8 Å². The van der Waals surface area contributed by atoms with Gasteiger partial charge in [0.05, 0.1) is 16.7 Å². The van der Waals surface area contributed by atoms with Crippen molar-refractivity contribution in [3.05, 3.63) is 28.8 Å². The first-order chi connectivity index (χ1) is 10.2. The van der Waals surface area contributed by atoms with Gasteiger partial charge in [0, 0.05) is 6.54 Å². The lowest BCUT2D eigenvalue weighted by Crippen LogP contribution is -2.27. The molecule has 1 saturated carbocycles. The van der Waals surface area contributed by atoms with E-state index in [2.05, 4.69) is 5.32 Å². The van der Waals surface area contributed by atoms with Gasteiger partial charge in [-0.25, -0.2) is 0 Å². The van der Waals surface area contributed by atoms with Crippen LogP contribution in [0.1, 0.15) is 44.1 Å². The van der Waals surface area contributed by atoms with Crippen molar-refractivity contribution >= 4 is 11.6 Å². The molecule has 1 heterocycles. The second kappa shape index (κ2) is 6.55. The fraction of sp³-hybridized carbons (Fsp3) is 0.647. The molecule has 1 saturated heterocycles. The van der Waals surface area contributed by atoms with Crippen LogP contribution in [0, 0.1) is 0 Å². The zero-order valence-corrected chi connectivity index (χ0v) is 13.4. The minimum absolute atomic E-state index is 0.175. The Hall–Kier alpha value is -0.770. The first kappa shape index (κ1) is 15.1. The topological polar surface area (TPSA) is 30.5 Å². The van der Waals surface area contributed by atoms with Gasteiger partial charge in [0.1, 0.15) is 12.4 Å². The first-order valence-corrected chi connectivity index (χ1v) is 8.32. The average Bonchev–Trinajstić information content (AvgIpc) is 3.09. The molecule has 2 fully saturated rings. The quantitative estimate of drug-likeness (QED) is 0.894. The Morgan fingerprint density at radius 2 is 2.14 bits per heavy atom. The molecule has 1 aliphatic carbocycles.